The number of nitrogens with zero attached hydrogens (tertiary/aromatic N) is 6. The molecule has 45 heavy (non-hydrogen) atoms. The number of aryl methyl sites for hydroxylation is 1. The molecule has 6 rings (SSSR count). The van der Waals surface area contributed by atoms with Crippen LogP contribution in [0.15, 0.2) is 54.9 Å². The molecule has 1 aromatic carbocycles. The van der Waals surface area contributed by atoms with Crippen molar-refractivity contribution in [2.75, 3.05) is 13.2 Å². The Balaban J connectivity index is 1.50. The normalized spacial score (nSPS) is 15.2. The summed E-state index contributed by atoms with van der Waals surface area (Å²) >= 11 is 0. The maximum Gasteiger partial charge on any atom is 0.388 e. The van der Waals surface area contributed by atoms with Crippen LogP contribution in [0.3, 0.4) is 0 Å². The van der Waals surface area contributed by atoms with Gasteiger partial charge in [-0.25, -0.2) is 18.4 Å². The zero-order valence-corrected chi connectivity index (χ0v) is 24.8. The molecule has 0 aliphatic carbocycles. The summed E-state index contributed by atoms with van der Waals surface area (Å²) in [4.78, 5) is 4.86. The van der Waals surface area contributed by atoms with E-state index < -0.39 is 30.4 Å². The third-order valence-electron chi connectivity index (χ3n) is 7.45. The summed E-state index contributed by atoms with van der Waals surface area (Å²) in [5.41, 5.74) is 0.436. The number of halogens is 4. The first-order valence-corrected chi connectivity index (χ1v) is 14.4. The van der Waals surface area contributed by atoms with Gasteiger partial charge in [-0.05, 0) is 38.0 Å². The van der Waals surface area contributed by atoms with Crippen LogP contribution in [0.25, 0.3) is 33.8 Å². The highest BCUT2D eigenvalue weighted by molar-refractivity contribution is 5.97. The quantitative estimate of drug-likeness (QED) is 0.185. The SMILES string of the molecule is Cn1cc(-c2c3cccn(Cc4ccccc4)c-3nc2-c2c(C(F)F)nn3c2OC[C@@H](OCCC(C)(C)O)C3)c(OC(F)F)n1. The van der Waals surface area contributed by atoms with Crippen LogP contribution in [0, 0.1) is 0 Å². The number of benzene rings is 1. The molecule has 0 spiro atoms. The van der Waals surface area contributed by atoms with E-state index in [4.69, 9.17) is 19.2 Å². The van der Waals surface area contributed by atoms with E-state index in [1.54, 1.807) is 33.0 Å². The van der Waals surface area contributed by atoms with E-state index >= 15 is 0 Å². The Morgan fingerprint density at radius 2 is 1.82 bits per heavy atom. The van der Waals surface area contributed by atoms with Gasteiger partial charge < -0.3 is 23.9 Å². The van der Waals surface area contributed by atoms with E-state index in [2.05, 4.69) is 10.2 Å². The third kappa shape index (κ3) is 6.38. The minimum Gasteiger partial charge on any atom is -0.474 e. The number of fused-ring (bicyclic) bond motifs is 2. The summed E-state index contributed by atoms with van der Waals surface area (Å²) in [6.07, 6.45) is 0.154. The molecule has 0 unspecified atom stereocenters. The minimum absolute atomic E-state index is 0.0451. The molecule has 0 amide bonds. The molecule has 0 fully saturated rings. The highest BCUT2D eigenvalue weighted by atomic mass is 19.3. The molecule has 3 aromatic rings. The molecule has 0 bridgehead atoms. The number of ether oxygens (including phenoxy) is 3. The number of pyridine rings is 1. The maximum absolute atomic E-state index is 14.7. The molecule has 3 aliphatic rings. The van der Waals surface area contributed by atoms with Crippen LogP contribution < -0.4 is 9.47 Å². The Morgan fingerprint density at radius 3 is 2.53 bits per heavy atom. The fraction of sp³-hybridized carbons (Fsp3) is 0.387. The van der Waals surface area contributed by atoms with Crippen molar-refractivity contribution in [2.24, 2.45) is 7.05 Å². The van der Waals surface area contributed by atoms with E-state index in [1.165, 1.54) is 15.6 Å². The second kappa shape index (κ2) is 12.2. The summed E-state index contributed by atoms with van der Waals surface area (Å²) in [6, 6.07) is 13.1. The predicted octanol–water partition coefficient (Wildman–Crippen LogP) is 5.78. The first kappa shape index (κ1) is 30.6. The van der Waals surface area contributed by atoms with E-state index in [9.17, 15) is 22.7 Å². The Morgan fingerprint density at radius 1 is 1.04 bits per heavy atom. The zero-order valence-electron chi connectivity index (χ0n) is 24.8. The number of aliphatic hydroxyl groups is 1. The van der Waals surface area contributed by atoms with Gasteiger partial charge >= 0.3 is 6.61 Å². The van der Waals surface area contributed by atoms with Gasteiger partial charge in [0.15, 0.2) is 0 Å². The maximum atomic E-state index is 14.7. The van der Waals surface area contributed by atoms with Gasteiger partial charge in [0.05, 0.1) is 29.0 Å². The van der Waals surface area contributed by atoms with Gasteiger partial charge in [0, 0.05) is 43.7 Å². The lowest BCUT2D eigenvalue weighted by atomic mass is 9.98. The molecule has 0 radical (unpaired) electrons. The summed E-state index contributed by atoms with van der Waals surface area (Å²) < 4.78 is 77.4. The number of hydrogen-bond donors (Lipinski definition) is 1. The zero-order chi connectivity index (χ0) is 31.9. The molecular formula is C31H32F4N6O4. The number of alkyl halides is 4. The largest absolute Gasteiger partial charge is 0.474 e. The molecule has 1 atom stereocenters. The van der Waals surface area contributed by atoms with E-state index in [1.807, 2.05) is 41.1 Å². The molecule has 2 aromatic heterocycles. The van der Waals surface area contributed by atoms with Gasteiger partial charge in [0.1, 0.15) is 24.2 Å². The van der Waals surface area contributed by atoms with Crippen molar-refractivity contribution in [1.29, 1.82) is 0 Å². The molecule has 238 valence electrons. The number of aromatic nitrogens is 6. The monoisotopic (exact) mass is 628 g/mol. The smallest absolute Gasteiger partial charge is 0.388 e. The number of hydrogen-bond acceptors (Lipinski definition) is 7. The highest BCUT2D eigenvalue weighted by Crippen LogP contribution is 2.50. The molecule has 5 heterocycles. The fourth-order valence-corrected chi connectivity index (χ4v) is 5.43. The van der Waals surface area contributed by atoms with Gasteiger partial charge in [-0.2, -0.15) is 13.9 Å². The Hall–Kier alpha value is -4.43. The van der Waals surface area contributed by atoms with Crippen molar-refractivity contribution in [3.63, 3.8) is 0 Å². The summed E-state index contributed by atoms with van der Waals surface area (Å²) in [5, 5.41) is 18.3. The molecule has 1 N–H and O–H groups in total. The summed E-state index contributed by atoms with van der Waals surface area (Å²) in [6.45, 7) is 0.974. The average molecular weight is 629 g/mol. The van der Waals surface area contributed by atoms with Crippen molar-refractivity contribution >= 4 is 0 Å². The van der Waals surface area contributed by atoms with Crippen molar-refractivity contribution in [3.8, 4) is 45.5 Å². The highest BCUT2D eigenvalue weighted by Gasteiger charge is 2.37. The first-order chi connectivity index (χ1) is 21.5. The van der Waals surface area contributed by atoms with Gasteiger partial charge in [0.25, 0.3) is 6.43 Å². The Labute approximate surface area is 256 Å². The third-order valence-corrected chi connectivity index (χ3v) is 7.45. The minimum atomic E-state index is -3.17. The summed E-state index contributed by atoms with van der Waals surface area (Å²) in [5.74, 6) is 0.121. The van der Waals surface area contributed by atoms with Crippen molar-refractivity contribution in [2.45, 2.75) is 58.1 Å². The lowest BCUT2D eigenvalue weighted by Crippen LogP contribution is -2.34. The topological polar surface area (TPSA) is 101 Å². The molecule has 14 heteroatoms. The molecule has 3 aliphatic heterocycles. The lowest BCUT2D eigenvalue weighted by molar-refractivity contribution is -0.0527. The predicted molar refractivity (Wildman–Crippen MR) is 156 cm³/mol. The van der Waals surface area contributed by atoms with Crippen molar-refractivity contribution < 1.29 is 36.9 Å². The van der Waals surface area contributed by atoms with E-state index in [0.717, 1.165) is 5.56 Å². The van der Waals surface area contributed by atoms with Crippen LogP contribution in [0.5, 0.6) is 11.8 Å². The van der Waals surface area contributed by atoms with Crippen LogP contribution in [0.2, 0.25) is 0 Å². The Kier molecular flexibility index (Phi) is 8.27. The van der Waals surface area contributed by atoms with Gasteiger partial charge in [-0.15, -0.1) is 5.10 Å². The molecule has 10 nitrogen and oxygen atoms in total. The second-order valence-electron chi connectivity index (χ2n) is 11.5. The molecular weight excluding hydrogens is 596 g/mol. The second-order valence-corrected chi connectivity index (χ2v) is 11.5. The average Bonchev–Trinajstić information content (AvgIpc) is 3.65. The number of rotatable bonds is 11. The molecule has 0 saturated carbocycles. The first-order valence-electron chi connectivity index (χ1n) is 14.4. The summed E-state index contributed by atoms with van der Waals surface area (Å²) in [7, 11) is 1.54. The Bertz CT molecular complexity index is 1740. The van der Waals surface area contributed by atoms with Gasteiger partial charge in [-0.3, -0.25) is 4.68 Å². The standard InChI is InChI=1S/C31H32F4N6O4/c1-31(2,42)11-13-43-19-15-41-29(44-17-19)23(25(37-41)26(32)33)24-22(21-16-39(3)38-28(21)45-30(34)35)20-10-7-12-40(27(20)36-24)14-18-8-5-4-6-9-18/h4-10,12,16,19,26,30,42H,11,13-15,17H2,1-3H3/t19-/m0/s1. The van der Waals surface area contributed by atoms with Crippen LogP contribution in [-0.2, 0) is 24.9 Å². The van der Waals surface area contributed by atoms with Crippen LogP contribution >= 0.6 is 0 Å². The van der Waals surface area contributed by atoms with Gasteiger partial charge in [0.2, 0.25) is 11.8 Å². The van der Waals surface area contributed by atoms with Crippen LogP contribution in [0.4, 0.5) is 17.6 Å². The van der Waals surface area contributed by atoms with Crippen LogP contribution in [-0.4, -0.2) is 65.7 Å². The van der Waals surface area contributed by atoms with E-state index in [-0.39, 0.29) is 53.9 Å². The van der Waals surface area contributed by atoms with Gasteiger partial charge in [-0.1, -0.05) is 30.3 Å². The fourth-order valence-electron chi connectivity index (χ4n) is 5.43. The molecule has 0 saturated heterocycles. The van der Waals surface area contributed by atoms with Crippen molar-refractivity contribution in [3.05, 3.63) is 66.1 Å². The lowest BCUT2D eigenvalue weighted by Gasteiger charge is -2.26. The van der Waals surface area contributed by atoms with Crippen LogP contribution in [0.1, 0.15) is 38.0 Å². The van der Waals surface area contributed by atoms with Crippen molar-refractivity contribution in [1.82, 2.24) is 29.1 Å². The van der Waals surface area contributed by atoms with E-state index in [0.29, 0.717) is 24.4 Å².